The van der Waals surface area contributed by atoms with E-state index in [-0.39, 0.29) is 28.6 Å². The van der Waals surface area contributed by atoms with Gasteiger partial charge in [0.2, 0.25) is 15.3 Å². The van der Waals surface area contributed by atoms with Crippen molar-refractivity contribution in [3.63, 3.8) is 0 Å². The molecule has 0 aliphatic rings. The summed E-state index contributed by atoms with van der Waals surface area (Å²) >= 11 is 11.1. The molecule has 0 unspecified atom stereocenters. The fraction of sp³-hybridized carbons (Fsp3) is 0.400. The van der Waals surface area contributed by atoms with Crippen molar-refractivity contribution < 1.29 is 8.42 Å². The Morgan fingerprint density at radius 3 is 2.60 bits per heavy atom. The summed E-state index contributed by atoms with van der Waals surface area (Å²) in [6.45, 7) is 0.0631. The molecule has 7 nitrogen and oxygen atoms in total. The number of nitrogens with one attached hydrogen (secondary N) is 1. The fourth-order valence-corrected chi connectivity index (χ4v) is 1.37. The van der Waals surface area contributed by atoms with Crippen molar-refractivity contribution >= 4 is 39.0 Å². The number of nitrogens with two attached hydrogens (primary N) is 1. The first kappa shape index (κ1) is 12.4. The van der Waals surface area contributed by atoms with Gasteiger partial charge in [-0.1, -0.05) is 11.6 Å². The molecule has 0 aromatic carbocycles. The van der Waals surface area contributed by atoms with Crippen molar-refractivity contribution in [2.45, 2.75) is 0 Å². The predicted octanol–water partition coefficient (Wildman–Crippen LogP) is -0.121. The number of primary sulfonamides is 1. The first-order chi connectivity index (χ1) is 6.88. The van der Waals surface area contributed by atoms with E-state index in [2.05, 4.69) is 20.5 Å². The topological polar surface area (TPSA) is 111 Å². The number of hydrogen-bond acceptors (Lipinski definition) is 6. The normalized spacial score (nSPS) is 11.4. The maximum atomic E-state index is 10.6. The Bertz CT molecular complexity index is 451. The Morgan fingerprint density at radius 1 is 1.33 bits per heavy atom. The van der Waals surface area contributed by atoms with Gasteiger partial charge >= 0.3 is 0 Å². The number of anilines is 1. The molecule has 0 saturated carbocycles. The molecule has 0 spiro atoms. The zero-order valence-corrected chi connectivity index (χ0v) is 9.64. The van der Waals surface area contributed by atoms with E-state index < -0.39 is 10.0 Å². The molecule has 1 rings (SSSR count). The largest absolute Gasteiger partial charge is 0.366 e. The number of nitrogens with zero attached hydrogens (tertiary/aromatic N) is 3. The minimum atomic E-state index is -3.52. The molecular formula is C5H7Cl2N5O2S. The van der Waals surface area contributed by atoms with Crippen LogP contribution >= 0.6 is 23.2 Å². The molecule has 1 heterocycles. The third kappa shape index (κ3) is 4.56. The van der Waals surface area contributed by atoms with E-state index in [9.17, 15) is 8.42 Å². The van der Waals surface area contributed by atoms with Crippen LogP contribution in [0.3, 0.4) is 0 Å². The lowest BCUT2D eigenvalue weighted by molar-refractivity contribution is 0.598. The molecule has 0 bridgehead atoms. The van der Waals surface area contributed by atoms with E-state index in [4.69, 9.17) is 28.3 Å². The van der Waals surface area contributed by atoms with Gasteiger partial charge in [-0.05, 0) is 11.6 Å². The van der Waals surface area contributed by atoms with E-state index >= 15 is 0 Å². The molecule has 0 atom stereocenters. The van der Waals surface area contributed by atoms with E-state index in [1.54, 1.807) is 0 Å². The summed E-state index contributed by atoms with van der Waals surface area (Å²) in [6, 6.07) is 0. The van der Waals surface area contributed by atoms with Gasteiger partial charge in [-0.2, -0.15) is 4.98 Å². The van der Waals surface area contributed by atoms with Gasteiger partial charge in [0.1, 0.15) is 0 Å². The Morgan fingerprint density at radius 2 is 2.00 bits per heavy atom. The lowest BCUT2D eigenvalue weighted by Gasteiger charge is -2.04. The molecular weight excluding hydrogens is 265 g/mol. The summed E-state index contributed by atoms with van der Waals surface area (Å²) in [4.78, 5) is 3.71. The molecule has 84 valence electrons. The van der Waals surface area contributed by atoms with Gasteiger partial charge < -0.3 is 5.32 Å². The van der Waals surface area contributed by atoms with Crippen molar-refractivity contribution in [3.05, 3.63) is 10.4 Å². The molecule has 3 N–H and O–H groups in total. The number of hydrogen-bond donors (Lipinski definition) is 2. The second-order valence-corrected chi connectivity index (χ2v) is 4.94. The first-order valence-electron chi connectivity index (χ1n) is 3.68. The van der Waals surface area contributed by atoms with Crippen molar-refractivity contribution in [1.29, 1.82) is 0 Å². The summed E-state index contributed by atoms with van der Waals surface area (Å²) in [5.74, 6) is -0.0781. The number of sulfonamides is 1. The van der Waals surface area contributed by atoms with Crippen LogP contribution in [0.4, 0.5) is 5.82 Å². The summed E-state index contributed by atoms with van der Waals surface area (Å²) in [5.41, 5.74) is 0. The maximum absolute atomic E-state index is 10.6. The SMILES string of the molecule is NS(=O)(=O)CCNc1nc(Cl)nnc1Cl. The Kier molecular flexibility index (Phi) is 4.03. The Hall–Kier alpha value is -0.700. The van der Waals surface area contributed by atoms with Crippen LogP contribution < -0.4 is 10.5 Å². The van der Waals surface area contributed by atoms with E-state index in [1.807, 2.05) is 0 Å². The molecule has 15 heavy (non-hydrogen) atoms. The highest BCUT2D eigenvalue weighted by atomic mass is 35.5. The highest BCUT2D eigenvalue weighted by Crippen LogP contribution is 2.15. The van der Waals surface area contributed by atoms with Crippen molar-refractivity contribution in [3.8, 4) is 0 Å². The lowest BCUT2D eigenvalue weighted by Crippen LogP contribution is -2.22. The average Bonchev–Trinajstić information content (AvgIpc) is 2.09. The van der Waals surface area contributed by atoms with Crippen LogP contribution in [-0.2, 0) is 10.0 Å². The van der Waals surface area contributed by atoms with Crippen LogP contribution in [0.2, 0.25) is 10.4 Å². The monoisotopic (exact) mass is 271 g/mol. The van der Waals surface area contributed by atoms with Crippen molar-refractivity contribution in [2.24, 2.45) is 5.14 Å². The third-order valence-corrected chi connectivity index (χ3v) is 2.49. The molecule has 1 aromatic rings. The summed E-state index contributed by atoms with van der Waals surface area (Å²) in [5, 5.41) is 14.2. The third-order valence-electron chi connectivity index (χ3n) is 1.30. The average molecular weight is 272 g/mol. The van der Waals surface area contributed by atoms with Gasteiger partial charge in [0.15, 0.2) is 11.0 Å². The van der Waals surface area contributed by atoms with Gasteiger partial charge in [-0.25, -0.2) is 13.6 Å². The standard InChI is InChI=1S/C5H7Cl2N5O2S/c6-3-4(10-5(7)12-11-3)9-1-2-15(8,13)14/h1-2H2,(H2,8,13,14)(H,9,10,12). The van der Waals surface area contributed by atoms with Crippen LogP contribution in [-0.4, -0.2) is 35.9 Å². The maximum Gasteiger partial charge on any atom is 0.245 e. The van der Waals surface area contributed by atoms with Crippen molar-refractivity contribution in [2.75, 3.05) is 17.6 Å². The van der Waals surface area contributed by atoms with Gasteiger partial charge in [0.05, 0.1) is 5.75 Å². The van der Waals surface area contributed by atoms with Crippen LogP contribution in [0.15, 0.2) is 0 Å². The smallest absolute Gasteiger partial charge is 0.245 e. The summed E-state index contributed by atoms with van der Waals surface area (Å²) in [6.07, 6.45) is 0. The van der Waals surface area contributed by atoms with Crippen LogP contribution in [0.1, 0.15) is 0 Å². The van der Waals surface area contributed by atoms with Crippen LogP contribution in [0.5, 0.6) is 0 Å². The lowest BCUT2D eigenvalue weighted by atomic mass is 10.6. The highest BCUT2D eigenvalue weighted by molar-refractivity contribution is 7.89. The quantitative estimate of drug-likeness (QED) is 0.790. The second kappa shape index (κ2) is 4.88. The predicted molar refractivity (Wildman–Crippen MR) is 56.3 cm³/mol. The number of rotatable bonds is 4. The van der Waals surface area contributed by atoms with Crippen LogP contribution in [0.25, 0.3) is 0 Å². The van der Waals surface area contributed by atoms with Gasteiger partial charge in [-0.15, -0.1) is 10.2 Å². The molecule has 0 amide bonds. The van der Waals surface area contributed by atoms with Crippen molar-refractivity contribution in [1.82, 2.24) is 15.2 Å². The fourth-order valence-electron chi connectivity index (χ4n) is 0.717. The second-order valence-electron chi connectivity index (χ2n) is 2.51. The van der Waals surface area contributed by atoms with Gasteiger partial charge in [0.25, 0.3) is 0 Å². The number of halogens is 2. The molecule has 0 radical (unpaired) electrons. The van der Waals surface area contributed by atoms with E-state index in [0.29, 0.717) is 0 Å². The summed E-state index contributed by atoms with van der Waals surface area (Å²) in [7, 11) is -3.52. The van der Waals surface area contributed by atoms with E-state index in [1.165, 1.54) is 0 Å². The molecule has 0 aliphatic heterocycles. The molecule has 0 saturated heterocycles. The zero-order valence-electron chi connectivity index (χ0n) is 7.31. The zero-order chi connectivity index (χ0) is 11.5. The molecule has 0 aliphatic carbocycles. The highest BCUT2D eigenvalue weighted by Gasteiger charge is 2.07. The molecule has 0 fully saturated rings. The Balaban J connectivity index is 2.61. The van der Waals surface area contributed by atoms with Crippen LogP contribution in [0, 0.1) is 0 Å². The van der Waals surface area contributed by atoms with Gasteiger partial charge in [0, 0.05) is 6.54 Å². The Labute approximate surface area is 96.0 Å². The van der Waals surface area contributed by atoms with E-state index in [0.717, 1.165) is 0 Å². The first-order valence-corrected chi connectivity index (χ1v) is 6.16. The van der Waals surface area contributed by atoms with Gasteiger partial charge in [-0.3, -0.25) is 0 Å². The minimum Gasteiger partial charge on any atom is -0.366 e. The molecule has 1 aromatic heterocycles. The minimum absolute atomic E-state index is 0.00817. The molecule has 10 heteroatoms. The number of aromatic nitrogens is 3. The summed E-state index contributed by atoms with van der Waals surface area (Å²) < 4.78 is 21.2.